The smallest absolute Gasteiger partial charge is 0.321 e. The number of benzene rings is 9. The van der Waals surface area contributed by atoms with Gasteiger partial charge in [0.2, 0.25) is 5.88 Å². The number of aliphatic imine (C=N–C) groups is 5. The molecule has 0 atom stereocenters. The van der Waals surface area contributed by atoms with Crippen LogP contribution in [0.25, 0.3) is 0 Å². The Labute approximate surface area is 785 Å². The first kappa shape index (κ1) is 93.4. The predicted molar refractivity (Wildman–Crippen MR) is 516 cm³/mol. The molecule has 133 heavy (non-hydrogen) atoms. The zero-order valence-corrected chi connectivity index (χ0v) is 74.7. The van der Waals surface area contributed by atoms with Gasteiger partial charge in [0.15, 0.2) is 29.1 Å². The highest BCUT2D eigenvalue weighted by molar-refractivity contribution is 6.32. The van der Waals surface area contributed by atoms with Crippen LogP contribution < -0.4 is 9.47 Å². The van der Waals surface area contributed by atoms with E-state index in [9.17, 15) is 31.4 Å². The number of ether oxygens (including phenoxy) is 2. The molecule has 6 N–H and O–H groups in total. The first-order chi connectivity index (χ1) is 64.8. The van der Waals surface area contributed by atoms with Crippen molar-refractivity contribution in [3.05, 3.63) is 428 Å². The molecule has 0 spiro atoms. The number of phenolic OH excluding ortho intramolecular Hbond substituents is 1. The average molecular weight is 1830 g/mol. The molecule has 0 amide bonds. The summed E-state index contributed by atoms with van der Waals surface area (Å²) in [5.74, 6) is 3.82. The SMILES string of the molecule is Cc1ccc(C=Nc2n[nH]c(Cc3ccccc3Cl)c2C#N)cc1.Cc1ccc(C=Nc2n[nH]c(Cc3ccccc3Cl)c2C#N)cc1O.Cc1ccc(C=Nc2n[nH]c(Cc3cccnc3)c2C#N)cc1.Cc1ccc(Oc2ccc(C=Nc3n[nH]c(Cc4cccc(Cl)c4)c3C#N)cc2)nc1.N#Cc1c(N=Cc2ccc(Oc3ncccn3)cc2)n[nH]c1Cc1cccc(Cl)c1. The number of hydrogen-bond acceptors (Lipinski definition) is 22. The van der Waals surface area contributed by atoms with E-state index < -0.39 is 0 Å². The van der Waals surface area contributed by atoms with E-state index in [-0.39, 0.29) is 11.8 Å². The second-order valence-corrected chi connectivity index (χ2v) is 31.1. The summed E-state index contributed by atoms with van der Waals surface area (Å²) in [5, 5.41) is 95.1. The van der Waals surface area contributed by atoms with Crippen LogP contribution in [0.1, 0.15) is 134 Å². The van der Waals surface area contributed by atoms with E-state index in [1.54, 1.807) is 92.4 Å². The maximum absolute atomic E-state index is 9.74. The van der Waals surface area contributed by atoms with Gasteiger partial charge in [-0.15, -0.1) is 0 Å². The van der Waals surface area contributed by atoms with Crippen LogP contribution in [0.2, 0.25) is 20.1 Å². The van der Waals surface area contributed by atoms with Gasteiger partial charge in [0.05, 0.1) is 28.5 Å². The number of nitriles is 5. The van der Waals surface area contributed by atoms with Crippen molar-refractivity contribution in [2.75, 3.05) is 0 Å². The van der Waals surface area contributed by atoms with Gasteiger partial charge < -0.3 is 14.6 Å². The van der Waals surface area contributed by atoms with E-state index >= 15 is 0 Å². The maximum atomic E-state index is 9.74. The van der Waals surface area contributed by atoms with Gasteiger partial charge in [0.1, 0.15) is 75.4 Å². The van der Waals surface area contributed by atoms with Gasteiger partial charge in [-0.2, -0.15) is 51.8 Å². The number of aromatic hydroxyl groups is 1. The van der Waals surface area contributed by atoms with E-state index in [1.165, 1.54) is 11.1 Å². The van der Waals surface area contributed by atoms with E-state index in [2.05, 4.69) is 126 Å². The lowest BCUT2D eigenvalue weighted by Crippen LogP contribution is -1.92. The summed E-state index contributed by atoms with van der Waals surface area (Å²) in [6.45, 7) is 7.86. The van der Waals surface area contributed by atoms with Gasteiger partial charge in [0.25, 0.3) is 0 Å². The van der Waals surface area contributed by atoms with E-state index in [0.717, 1.165) is 72.5 Å². The van der Waals surface area contributed by atoms with Crippen molar-refractivity contribution in [2.24, 2.45) is 25.0 Å². The van der Waals surface area contributed by atoms with Crippen molar-refractivity contribution < 1.29 is 14.6 Å². The summed E-state index contributed by atoms with van der Waals surface area (Å²) in [7, 11) is 0. The molecular weight excluding hydrogens is 1750 g/mol. The molecule has 27 nitrogen and oxygen atoms in total. The normalized spacial score (nSPS) is 10.8. The lowest BCUT2D eigenvalue weighted by atomic mass is 10.1. The van der Waals surface area contributed by atoms with Crippen LogP contribution in [0.3, 0.4) is 0 Å². The van der Waals surface area contributed by atoms with Crippen LogP contribution in [0.15, 0.2) is 299 Å². The standard InChI is InChI=1S/C24H18ClN5O.C22H15ClN6O.C19H15ClN4O.C19H15ClN4.C18H15N5/c1-16-5-10-23(27-14-16)31-20-8-6-17(7-9-20)15-28-24-21(13-26)22(29-30-24)12-18-3-2-4-19(25)11-18;23-17-4-1-3-16(11-17)12-20-19(13-24)21(29-28-20)27-14-15-5-7-18(8-6-15)30-22-25-9-2-10-26-22;1-12-6-7-13(8-18(12)25)11-22-19-15(10-21)17(23-24-19)9-14-4-2-3-5-16(14)20;1-13-6-8-14(9-7-13)12-22-19-16(11-21)18(23-24-19)10-15-4-2-3-5-17(15)20;1-13-4-6-14(7-5-13)12-21-18-16(10-19)17(22-23-18)9-15-3-2-8-20-11-15/h2-11,14-15H,12H2,1H3,(H,29,30);1-11,14H,12H2,(H,28,29);2-8,11,25H,9H2,1H3,(H,23,24);2-9,12H,10H2,1H3,(H,23,24);2-8,11-12H,9H2,1H3,(H,22,23). The van der Waals surface area contributed by atoms with Crippen LogP contribution >= 0.6 is 46.4 Å². The number of H-pyrrole nitrogens is 5. The predicted octanol–water partition coefficient (Wildman–Crippen LogP) is 22.8. The van der Waals surface area contributed by atoms with Crippen molar-refractivity contribution in [1.82, 2.24) is 70.9 Å². The van der Waals surface area contributed by atoms with Crippen molar-refractivity contribution >= 4 is 107 Å². The number of aromatic amines is 5. The number of aryl methyl sites for hydroxylation is 4. The molecule has 9 aromatic carbocycles. The number of nitrogens with one attached hydrogen (secondary N) is 5. The Balaban J connectivity index is 0.000000142. The number of rotatable bonds is 24. The van der Waals surface area contributed by atoms with Crippen molar-refractivity contribution in [3.8, 4) is 59.5 Å². The molecule has 0 aliphatic heterocycles. The van der Waals surface area contributed by atoms with Crippen molar-refractivity contribution in [1.29, 1.82) is 26.3 Å². The minimum absolute atomic E-state index is 0.200. The number of halogens is 4. The van der Waals surface area contributed by atoms with Gasteiger partial charge in [-0.05, 0) is 198 Å². The monoisotopic (exact) mass is 1830 g/mol. The first-order valence-electron chi connectivity index (χ1n) is 40.9. The summed E-state index contributed by atoms with van der Waals surface area (Å²) in [6.07, 6.45) is 19.3. The molecule has 8 aromatic heterocycles. The highest BCUT2D eigenvalue weighted by Crippen LogP contribution is 2.31. The van der Waals surface area contributed by atoms with Gasteiger partial charge in [-0.3, -0.25) is 30.5 Å². The van der Waals surface area contributed by atoms with Crippen molar-refractivity contribution in [3.63, 3.8) is 0 Å². The molecule has 17 aromatic rings. The highest BCUT2D eigenvalue weighted by Gasteiger charge is 2.20. The summed E-state index contributed by atoms with van der Waals surface area (Å²) in [5.41, 5.74) is 19.0. The third-order valence-electron chi connectivity index (χ3n) is 19.6. The molecule has 17 rings (SSSR count). The molecule has 0 unspecified atom stereocenters. The molecule has 0 saturated carbocycles. The van der Waals surface area contributed by atoms with Crippen molar-refractivity contribution in [2.45, 2.75) is 59.8 Å². The molecule has 652 valence electrons. The molecule has 0 fully saturated rings. The zero-order chi connectivity index (χ0) is 93.2. The summed E-state index contributed by atoms with van der Waals surface area (Å²) in [4.78, 5) is 38.0. The third kappa shape index (κ3) is 27.2. The van der Waals surface area contributed by atoms with Crippen LogP contribution in [-0.4, -0.2) is 107 Å². The number of pyridine rings is 2. The molecule has 0 bridgehead atoms. The largest absolute Gasteiger partial charge is 0.508 e. The van der Waals surface area contributed by atoms with Gasteiger partial charge in [-0.1, -0.05) is 191 Å². The number of phenols is 1. The Morgan fingerprint density at radius 3 is 1.07 bits per heavy atom. The molecule has 0 aliphatic carbocycles. The summed E-state index contributed by atoms with van der Waals surface area (Å²) >= 11 is 24.4. The minimum atomic E-state index is 0.200. The van der Waals surface area contributed by atoms with Gasteiger partial charge in [-0.25, -0.2) is 39.9 Å². The highest BCUT2D eigenvalue weighted by atomic mass is 35.5. The molecule has 0 aliphatic rings. The van der Waals surface area contributed by atoms with Crippen LogP contribution in [0.5, 0.6) is 29.1 Å². The summed E-state index contributed by atoms with van der Waals surface area (Å²) < 4.78 is 11.3. The lowest BCUT2D eigenvalue weighted by molar-refractivity contribution is 0.442. The maximum Gasteiger partial charge on any atom is 0.321 e. The second-order valence-electron chi connectivity index (χ2n) is 29.5. The average Bonchev–Trinajstić information content (AvgIpc) is 1.87. The quantitative estimate of drug-likeness (QED) is 0.0306. The van der Waals surface area contributed by atoms with E-state index in [0.29, 0.717) is 149 Å². The topological polar surface area (TPSA) is 414 Å². The Hall–Kier alpha value is -17.2. The van der Waals surface area contributed by atoms with Gasteiger partial charge >= 0.3 is 6.01 Å². The lowest BCUT2D eigenvalue weighted by Gasteiger charge is -2.04. The fourth-order valence-corrected chi connectivity index (χ4v) is 13.4. The first-order valence-corrected chi connectivity index (χ1v) is 42.4. The van der Waals surface area contributed by atoms with Crippen LogP contribution in [0.4, 0.5) is 29.1 Å². The molecule has 31 heteroatoms. The molecule has 0 saturated heterocycles. The molecule has 8 heterocycles. The zero-order valence-electron chi connectivity index (χ0n) is 71.7. The van der Waals surface area contributed by atoms with Crippen LogP contribution in [-0.2, 0) is 32.1 Å². The molecule has 0 radical (unpaired) electrons. The minimum Gasteiger partial charge on any atom is -0.508 e. The Kier molecular flexibility index (Phi) is 33.0. The fourth-order valence-electron chi connectivity index (χ4n) is 12.6. The third-order valence-corrected chi connectivity index (χ3v) is 20.9. The van der Waals surface area contributed by atoms with Crippen LogP contribution in [0, 0.1) is 84.4 Å². The number of nitrogens with zero attached hydrogens (tertiary/aromatic N) is 19. The second kappa shape index (κ2) is 47.0. The van der Waals surface area contributed by atoms with E-state index in [4.69, 9.17) is 55.9 Å². The number of hydrogen-bond donors (Lipinski definition) is 6. The summed E-state index contributed by atoms with van der Waals surface area (Å²) in [6, 6.07) is 86.4. The van der Waals surface area contributed by atoms with E-state index in [1.807, 2.05) is 240 Å². The molecular formula is C102H78Cl4N24O3. The Morgan fingerprint density at radius 2 is 0.699 bits per heavy atom. The fraction of sp³-hybridized carbons (Fsp3) is 0.0882. The Bertz CT molecular complexity index is 7220. The number of aromatic nitrogens is 14. The Morgan fingerprint density at radius 1 is 0.338 bits per heavy atom. The van der Waals surface area contributed by atoms with Gasteiger partial charge in [0, 0.05) is 120 Å².